The summed E-state index contributed by atoms with van der Waals surface area (Å²) in [7, 11) is 2.18. The molecule has 1 N–H and O–H groups in total. The summed E-state index contributed by atoms with van der Waals surface area (Å²) in [4.78, 5) is 17.0. The minimum absolute atomic E-state index is 0.0306. The number of rotatable bonds is 9. The molecule has 1 atom stereocenters. The SMILES string of the molecule is CCCCSC(C)C(=O)NCc1ccc(CN2CCN(C)CC2)cc1. The summed E-state index contributed by atoms with van der Waals surface area (Å²) in [6.07, 6.45) is 2.36. The van der Waals surface area contributed by atoms with Crippen molar-refractivity contribution in [2.24, 2.45) is 0 Å². The van der Waals surface area contributed by atoms with E-state index < -0.39 is 0 Å². The zero-order valence-corrected chi connectivity index (χ0v) is 16.8. The van der Waals surface area contributed by atoms with Crippen LogP contribution in [0.4, 0.5) is 0 Å². The molecule has 0 spiro atoms. The molecule has 0 radical (unpaired) electrons. The van der Waals surface area contributed by atoms with Crippen molar-refractivity contribution >= 4 is 17.7 Å². The maximum Gasteiger partial charge on any atom is 0.233 e. The lowest BCUT2D eigenvalue weighted by Crippen LogP contribution is -2.43. The second-order valence-corrected chi connectivity index (χ2v) is 8.43. The van der Waals surface area contributed by atoms with Gasteiger partial charge >= 0.3 is 0 Å². The summed E-state index contributed by atoms with van der Waals surface area (Å²) in [6, 6.07) is 8.67. The lowest BCUT2D eigenvalue weighted by atomic mass is 10.1. The Bertz CT molecular complexity index is 512. The van der Waals surface area contributed by atoms with Crippen LogP contribution in [0.3, 0.4) is 0 Å². The predicted octanol–water partition coefficient (Wildman–Crippen LogP) is 2.97. The summed E-state index contributed by atoms with van der Waals surface area (Å²) >= 11 is 1.75. The highest BCUT2D eigenvalue weighted by Gasteiger charge is 2.14. The molecule has 0 aromatic heterocycles. The maximum absolute atomic E-state index is 12.1. The Hall–Kier alpha value is -1.04. The third kappa shape index (κ3) is 7.38. The van der Waals surface area contributed by atoms with E-state index in [0.29, 0.717) is 6.54 Å². The van der Waals surface area contributed by atoms with Gasteiger partial charge in [0, 0.05) is 39.3 Å². The predicted molar refractivity (Wildman–Crippen MR) is 108 cm³/mol. The quantitative estimate of drug-likeness (QED) is 0.684. The zero-order valence-electron chi connectivity index (χ0n) is 16.0. The molecule has 1 aromatic rings. The number of carbonyl (C=O) groups is 1. The first-order chi connectivity index (χ1) is 12.1. The largest absolute Gasteiger partial charge is 0.351 e. The molecule has 1 aliphatic rings. The third-order valence-corrected chi connectivity index (χ3v) is 5.97. The Labute approximate surface area is 157 Å². The number of unbranched alkanes of at least 4 members (excludes halogenated alkanes) is 1. The van der Waals surface area contributed by atoms with Gasteiger partial charge in [0.15, 0.2) is 0 Å². The van der Waals surface area contributed by atoms with Crippen molar-refractivity contribution in [1.82, 2.24) is 15.1 Å². The molecule has 1 heterocycles. The number of amides is 1. The van der Waals surface area contributed by atoms with Crippen molar-refractivity contribution in [3.05, 3.63) is 35.4 Å². The average molecular weight is 364 g/mol. The molecule has 2 rings (SSSR count). The van der Waals surface area contributed by atoms with E-state index in [1.807, 2.05) is 6.92 Å². The zero-order chi connectivity index (χ0) is 18.1. The summed E-state index contributed by atoms with van der Waals surface area (Å²) in [5.41, 5.74) is 2.52. The smallest absolute Gasteiger partial charge is 0.233 e. The highest BCUT2D eigenvalue weighted by atomic mass is 32.2. The Kier molecular flexibility index (Phi) is 8.79. The molecule has 0 bridgehead atoms. The summed E-state index contributed by atoms with van der Waals surface area (Å²) < 4.78 is 0. The first-order valence-electron chi connectivity index (χ1n) is 9.46. The van der Waals surface area contributed by atoms with Crippen LogP contribution >= 0.6 is 11.8 Å². The van der Waals surface area contributed by atoms with Gasteiger partial charge in [-0.15, -0.1) is 11.8 Å². The molecule has 5 heteroatoms. The van der Waals surface area contributed by atoms with E-state index in [-0.39, 0.29) is 11.2 Å². The number of likely N-dealkylation sites (N-methyl/N-ethyl adjacent to an activating group) is 1. The second kappa shape index (κ2) is 10.8. The number of thioether (sulfide) groups is 1. The average Bonchev–Trinajstić information content (AvgIpc) is 2.63. The normalized spacial score (nSPS) is 17.4. The maximum atomic E-state index is 12.1. The number of nitrogens with one attached hydrogen (secondary N) is 1. The highest BCUT2D eigenvalue weighted by molar-refractivity contribution is 8.00. The van der Waals surface area contributed by atoms with Crippen molar-refractivity contribution in [2.45, 2.75) is 45.0 Å². The molecule has 0 saturated carbocycles. The lowest BCUT2D eigenvalue weighted by molar-refractivity contribution is -0.120. The molecule has 140 valence electrons. The van der Waals surface area contributed by atoms with Gasteiger partial charge in [0.05, 0.1) is 5.25 Å². The van der Waals surface area contributed by atoms with E-state index >= 15 is 0 Å². The van der Waals surface area contributed by atoms with Gasteiger partial charge in [-0.1, -0.05) is 37.6 Å². The van der Waals surface area contributed by atoms with Gasteiger partial charge in [0.1, 0.15) is 0 Å². The number of benzene rings is 1. The van der Waals surface area contributed by atoms with Gasteiger partial charge in [-0.2, -0.15) is 0 Å². The topological polar surface area (TPSA) is 35.6 Å². The van der Waals surface area contributed by atoms with Gasteiger partial charge in [0.2, 0.25) is 5.91 Å². The van der Waals surface area contributed by atoms with Crippen LogP contribution in [0.5, 0.6) is 0 Å². The van der Waals surface area contributed by atoms with Crippen molar-refractivity contribution in [1.29, 1.82) is 0 Å². The molecule has 4 nitrogen and oxygen atoms in total. The lowest BCUT2D eigenvalue weighted by Gasteiger charge is -2.32. The number of carbonyl (C=O) groups excluding carboxylic acids is 1. The van der Waals surface area contributed by atoms with Crippen molar-refractivity contribution in [2.75, 3.05) is 39.0 Å². The number of nitrogens with zero attached hydrogens (tertiary/aromatic N) is 2. The Morgan fingerprint density at radius 1 is 1.16 bits per heavy atom. The molecule has 1 aromatic carbocycles. The Morgan fingerprint density at radius 3 is 2.44 bits per heavy atom. The molecule has 1 amide bonds. The van der Waals surface area contributed by atoms with Gasteiger partial charge < -0.3 is 10.2 Å². The van der Waals surface area contributed by atoms with Crippen LogP contribution in [-0.2, 0) is 17.9 Å². The fourth-order valence-corrected chi connectivity index (χ4v) is 3.88. The summed E-state index contributed by atoms with van der Waals surface area (Å²) in [5, 5.41) is 3.09. The van der Waals surface area contributed by atoms with E-state index in [1.165, 1.54) is 24.0 Å². The number of piperazine rings is 1. The van der Waals surface area contributed by atoms with E-state index in [2.05, 4.69) is 53.4 Å². The number of hydrogen-bond donors (Lipinski definition) is 1. The van der Waals surface area contributed by atoms with Gasteiger partial charge in [-0.3, -0.25) is 9.69 Å². The number of hydrogen-bond acceptors (Lipinski definition) is 4. The summed E-state index contributed by atoms with van der Waals surface area (Å²) in [6.45, 7) is 10.4. The van der Waals surface area contributed by atoms with E-state index in [1.54, 1.807) is 11.8 Å². The summed E-state index contributed by atoms with van der Waals surface area (Å²) in [5.74, 6) is 1.20. The van der Waals surface area contributed by atoms with Crippen LogP contribution in [0.1, 0.15) is 37.8 Å². The highest BCUT2D eigenvalue weighted by Crippen LogP contribution is 2.13. The fraction of sp³-hybridized carbons (Fsp3) is 0.650. The second-order valence-electron chi connectivity index (χ2n) is 6.98. The molecular formula is C20H33N3OS. The van der Waals surface area contributed by atoms with Crippen LogP contribution in [0.15, 0.2) is 24.3 Å². The van der Waals surface area contributed by atoms with Crippen molar-refractivity contribution in [3.63, 3.8) is 0 Å². The molecule has 0 aliphatic carbocycles. The van der Waals surface area contributed by atoms with Crippen LogP contribution < -0.4 is 5.32 Å². The van der Waals surface area contributed by atoms with Crippen LogP contribution in [0.2, 0.25) is 0 Å². The Balaban J connectivity index is 1.71. The fourth-order valence-electron chi connectivity index (χ4n) is 2.84. The molecule has 1 fully saturated rings. The standard InChI is InChI=1S/C20H33N3OS/c1-4-5-14-25-17(2)20(24)21-15-18-6-8-19(9-7-18)16-23-12-10-22(3)11-13-23/h6-9,17H,4-5,10-16H2,1-3H3,(H,21,24). The monoisotopic (exact) mass is 363 g/mol. The molecule has 1 saturated heterocycles. The van der Waals surface area contributed by atoms with E-state index in [0.717, 1.165) is 38.5 Å². The first-order valence-corrected chi connectivity index (χ1v) is 10.5. The van der Waals surface area contributed by atoms with Crippen LogP contribution in [0.25, 0.3) is 0 Å². The van der Waals surface area contributed by atoms with E-state index in [9.17, 15) is 4.79 Å². The minimum Gasteiger partial charge on any atom is -0.351 e. The minimum atomic E-state index is 0.0306. The molecular weight excluding hydrogens is 330 g/mol. The van der Waals surface area contributed by atoms with Gasteiger partial charge in [-0.05, 0) is 37.3 Å². The van der Waals surface area contributed by atoms with E-state index in [4.69, 9.17) is 0 Å². The third-order valence-electron chi connectivity index (χ3n) is 4.73. The van der Waals surface area contributed by atoms with Crippen LogP contribution in [-0.4, -0.2) is 59.9 Å². The van der Waals surface area contributed by atoms with Gasteiger partial charge in [0.25, 0.3) is 0 Å². The molecule has 1 aliphatic heterocycles. The van der Waals surface area contributed by atoms with Gasteiger partial charge in [-0.25, -0.2) is 0 Å². The molecule has 1 unspecified atom stereocenters. The van der Waals surface area contributed by atoms with Crippen molar-refractivity contribution in [3.8, 4) is 0 Å². The molecule has 25 heavy (non-hydrogen) atoms. The first kappa shape index (κ1) is 20.3. The van der Waals surface area contributed by atoms with Crippen molar-refractivity contribution < 1.29 is 4.79 Å². The van der Waals surface area contributed by atoms with Crippen LogP contribution in [0, 0.1) is 0 Å². The Morgan fingerprint density at radius 2 is 1.80 bits per heavy atom.